The topological polar surface area (TPSA) is 110 Å². The Labute approximate surface area is 776 Å². The van der Waals surface area contributed by atoms with Gasteiger partial charge in [0.15, 0.2) is 0 Å². The zero-order valence-corrected chi connectivity index (χ0v) is 77.3. The predicted molar refractivity (Wildman–Crippen MR) is 536 cm³/mol. The van der Waals surface area contributed by atoms with Crippen molar-refractivity contribution in [3.8, 4) is 44.5 Å². The van der Waals surface area contributed by atoms with Crippen molar-refractivity contribution in [3.05, 3.63) is 379 Å². The fourth-order valence-corrected chi connectivity index (χ4v) is 22.8. The molecular weight excluding hydrogens is 1600 g/mol. The van der Waals surface area contributed by atoms with Gasteiger partial charge in [-0.15, -0.1) is 0 Å². The van der Waals surface area contributed by atoms with Crippen molar-refractivity contribution in [1.82, 2.24) is 59.1 Å². The lowest BCUT2D eigenvalue weighted by atomic mass is 9.87. The second-order valence-corrected chi connectivity index (χ2v) is 39.2. The van der Waals surface area contributed by atoms with E-state index in [-0.39, 0.29) is 6.61 Å². The summed E-state index contributed by atoms with van der Waals surface area (Å²) in [6.45, 7) is 26.6. The van der Waals surface area contributed by atoms with Gasteiger partial charge in [-0.05, 0) is 218 Å². The first kappa shape index (κ1) is 86.4. The molecule has 8 fully saturated rings. The van der Waals surface area contributed by atoms with Crippen LogP contribution in [0.2, 0.25) is 0 Å². The van der Waals surface area contributed by atoms with Gasteiger partial charge in [-0.25, -0.2) is 0 Å². The number of aryl methyl sites for hydroxylation is 3. The number of nitrogens with zero attached hydrogens (tertiary/aromatic N) is 13. The minimum atomic E-state index is 0.251. The van der Waals surface area contributed by atoms with Crippen molar-refractivity contribution in [3.63, 3.8) is 0 Å². The standard InChI is InChI=1S/C32H37N3.C29H28N4.C28H31N3O.C28H29N3/c1-24-6-5-7-27(20-24)30-12-13-32-31(30)21-28(22-33-32)26-10-8-25(9-11-26)23-34-18-14-29(15-19-34)35-16-3-2-4-17-35;1-32-17-23-12-24(18-32)33(23)16-19-5-7-20(8-6-19)22-11-27-26(9-10-29(27)31-14-22)25-4-2-3-21-13-30-15-28(21)25;1-21-3-2-4-24(17-21)26-9-10-28-27(26)18-25(19-29-28)23-7-5-22(6-8-23)20-31-13-11-30(12-14-31)15-16-32;1-19-4-3-5-22(12-19)26-10-11-28-27(26)13-23(15-29-28)21-8-6-20(7-9-21)16-31-24-14-25(31)18-30(2)17-24/h5-12,20-22,29H,2-4,13-19,23H2,1H3;2-9,11,14-15,23-24H,10,12-13,16-18H2,1H3;2-9,17-19,32H,10-16,20H2,1H3;3-10,12-13,15,24-25H,11,14,16-18H2,1-2H3. The van der Waals surface area contributed by atoms with Crippen LogP contribution in [0, 0.1) is 20.8 Å². The second-order valence-electron chi connectivity index (χ2n) is 39.2. The molecule has 14 nitrogen and oxygen atoms in total. The third-order valence-electron chi connectivity index (χ3n) is 30.1. The van der Waals surface area contributed by atoms with E-state index >= 15 is 0 Å². The van der Waals surface area contributed by atoms with E-state index in [4.69, 9.17) is 25.0 Å². The average molecular weight is 1730 g/mol. The number of allylic oxidation sites excluding steroid dienone is 4. The third-order valence-corrected chi connectivity index (χ3v) is 30.1. The molecule has 1 N–H and O–H groups in total. The summed E-state index contributed by atoms with van der Waals surface area (Å²) in [5.74, 6) is 0. The molecule has 9 aliphatic heterocycles. The molecule has 12 aromatic rings. The van der Waals surface area contributed by atoms with Crippen LogP contribution in [0.15, 0.2) is 266 Å². The van der Waals surface area contributed by atoms with Gasteiger partial charge in [-0.3, -0.25) is 49.4 Å². The SMILES string of the molecule is CN1CC2CC(C1)N2Cc1ccc(-c2cnc3c(c2)C(c2cccc4c2C=NC4)=CC3)cc1.Cc1cccc(C2=CCc3ncc(-c4ccc(CN5C6CC5CN(C)C6)cc4)cc32)c1.Cc1cccc(C2=CCc3ncc(-c4ccc(CN5CCC(N6CCCCC6)CC5)cc4)cc32)c1.Cc1cccc(C2=CCc3ncc(-c4ccc(CN5CCN(CCO)CC5)cc4)cc32)c1. The van der Waals surface area contributed by atoms with Crippen molar-refractivity contribution < 1.29 is 5.11 Å². The molecule has 0 amide bonds. The monoisotopic (exact) mass is 1730 g/mol. The molecule has 4 aromatic heterocycles. The molecule has 14 heteroatoms. The van der Waals surface area contributed by atoms with Gasteiger partial charge in [0.2, 0.25) is 0 Å². The number of aromatic nitrogens is 4. The number of piperazine rings is 3. The molecule has 4 atom stereocenters. The summed E-state index contributed by atoms with van der Waals surface area (Å²) in [6.07, 6.45) is 32.7. The van der Waals surface area contributed by atoms with Crippen LogP contribution in [-0.4, -0.2) is 206 Å². The predicted octanol–water partition coefficient (Wildman–Crippen LogP) is 20.1. The van der Waals surface area contributed by atoms with Gasteiger partial charge < -0.3 is 19.8 Å². The summed E-state index contributed by atoms with van der Waals surface area (Å²) in [6, 6.07) is 82.4. The lowest BCUT2D eigenvalue weighted by Crippen LogP contribution is -2.67. The highest BCUT2D eigenvalue weighted by atomic mass is 16.3. The summed E-state index contributed by atoms with van der Waals surface area (Å²) in [4.78, 5) is 44.3. The molecule has 13 heterocycles. The maximum absolute atomic E-state index is 9.11. The van der Waals surface area contributed by atoms with Crippen molar-refractivity contribution in [2.75, 3.05) is 106 Å². The van der Waals surface area contributed by atoms with E-state index in [1.54, 1.807) is 0 Å². The van der Waals surface area contributed by atoms with E-state index in [1.807, 2.05) is 31.0 Å². The summed E-state index contributed by atoms with van der Waals surface area (Å²) >= 11 is 0. The highest BCUT2D eigenvalue weighted by molar-refractivity contribution is 5.97. The van der Waals surface area contributed by atoms with Crippen molar-refractivity contribution in [2.24, 2.45) is 4.99 Å². The number of piperidine rings is 4. The van der Waals surface area contributed by atoms with Crippen LogP contribution in [0.25, 0.3) is 66.8 Å². The van der Waals surface area contributed by atoms with E-state index in [9.17, 15) is 0 Å². The number of aliphatic hydroxyl groups excluding tert-OH is 1. The van der Waals surface area contributed by atoms with Crippen molar-refractivity contribution in [1.29, 1.82) is 0 Å². The number of likely N-dealkylation sites (N-methyl/N-ethyl adjacent to an activating group) is 2. The fraction of sp³-hybridized carbons (Fsp3) is 0.342. The number of hydrogen-bond donors (Lipinski definition) is 1. The van der Waals surface area contributed by atoms with Crippen LogP contribution < -0.4 is 0 Å². The normalized spacial score (nSPS) is 20.5. The number of likely N-dealkylation sites (tertiary alicyclic amines) is 4. The lowest BCUT2D eigenvalue weighted by molar-refractivity contribution is -0.0668. The first-order valence-corrected chi connectivity index (χ1v) is 48.7. The maximum atomic E-state index is 9.11. The lowest BCUT2D eigenvalue weighted by Gasteiger charge is -2.56. The quantitative estimate of drug-likeness (QED) is 0.0830. The van der Waals surface area contributed by atoms with Gasteiger partial charge in [-0.2, -0.15) is 0 Å². The van der Waals surface area contributed by atoms with Gasteiger partial charge in [0.25, 0.3) is 0 Å². The second kappa shape index (κ2) is 38.8. The van der Waals surface area contributed by atoms with Gasteiger partial charge in [0.1, 0.15) is 0 Å². The molecule has 4 aliphatic carbocycles. The number of aliphatic imine (C=N–C) groups is 1. The zero-order valence-electron chi connectivity index (χ0n) is 77.3. The summed E-state index contributed by atoms with van der Waals surface area (Å²) in [5.41, 5.74) is 42.0. The van der Waals surface area contributed by atoms with Crippen LogP contribution in [0.1, 0.15) is 162 Å². The molecule has 8 saturated heterocycles. The average Bonchev–Trinajstić information content (AvgIpc) is 1.73. The Bertz CT molecular complexity index is 6280. The van der Waals surface area contributed by atoms with Gasteiger partial charge in [0, 0.05) is 222 Å². The van der Waals surface area contributed by atoms with Crippen LogP contribution in [0.3, 0.4) is 0 Å². The minimum Gasteiger partial charge on any atom is -0.395 e. The zero-order chi connectivity index (χ0) is 88.4. The van der Waals surface area contributed by atoms with Crippen LogP contribution in [0.5, 0.6) is 0 Å². The number of hydrogen-bond acceptors (Lipinski definition) is 14. The first-order chi connectivity index (χ1) is 64.3. The molecule has 664 valence electrons. The van der Waals surface area contributed by atoms with E-state index in [0.717, 1.165) is 121 Å². The fourth-order valence-electron chi connectivity index (χ4n) is 22.8. The molecule has 4 unspecified atom stereocenters. The number of rotatable bonds is 19. The van der Waals surface area contributed by atoms with Crippen LogP contribution >= 0.6 is 0 Å². The molecule has 8 aromatic carbocycles. The van der Waals surface area contributed by atoms with Crippen LogP contribution in [-0.2, 0) is 58.4 Å². The van der Waals surface area contributed by atoms with Gasteiger partial charge in [0.05, 0.1) is 35.9 Å². The Balaban J connectivity index is 0.000000106. The summed E-state index contributed by atoms with van der Waals surface area (Å²) in [5, 5.41) is 9.11. The highest BCUT2D eigenvalue weighted by Crippen LogP contribution is 2.43. The van der Waals surface area contributed by atoms with Gasteiger partial charge in [-0.1, -0.05) is 235 Å². The Morgan fingerprint density at radius 2 is 0.687 bits per heavy atom. The van der Waals surface area contributed by atoms with E-state index in [1.165, 1.54) is 281 Å². The van der Waals surface area contributed by atoms with Crippen LogP contribution in [0.4, 0.5) is 0 Å². The summed E-state index contributed by atoms with van der Waals surface area (Å²) < 4.78 is 0. The van der Waals surface area contributed by atoms with E-state index < -0.39 is 0 Å². The van der Waals surface area contributed by atoms with Crippen molar-refractivity contribution in [2.45, 2.75) is 154 Å². The van der Waals surface area contributed by atoms with Gasteiger partial charge >= 0.3 is 0 Å². The number of fused-ring (bicyclic) bond motifs is 9. The smallest absolute Gasteiger partial charge is 0.0646 e. The van der Waals surface area contributed by atoms with Crippen molar-refractivity contribution >= 4 is 28.5 Å². The Kier molecular flexibility index (Phi) is 25.6. The molecular formula is C117H125N13O. The molecule has 4 bridgehead atoms. The molecule has 25 rings (SSSR count). The van der Waals surface area contributed by atoms with E-state index in [2.05, 4.69) is 316 Å². The largest absolute Gasteiger partial charge is 0.395 e. The molecule has 13 aliphatic rings. The molecule has 0 radical (unpaired) electrons. The Morgan fingerprint density at radius 3 is 1.08 bits per heavy atom. The Hall–Kier alpha value is -11.4. The molecule has 0 spiro atoms. The molecule has 131 heavy (non-hydrogen) atoms. The summed E-state index contributed by atoms with van der Waals surface area (Å²) in [7, 11) is 4.49. The number of β-amino-alcohol motifs (C(OH)–C–C–N with tert-alkyl or cyclic N) is 1. The third kappa shape index (κ3) is 19.2. The Morgan fingerprint density at radius 1 is 0.328 bits per heavy atom. The number of aliphatic hydroxyl groups is 1. The number of pyridine rings is 4. The highest BCUT2D eigenvalue weighted by Gasteiger charge is 2.44. The number of benzene rings is 8. The maximum Gasteiger partial charge on any atom is 0.0646 e. The minimum absolute atomic E-state index is 0.251. The molecule has 0 saturated carbocycles. The van der Waals surface area contributed by atoms with E-state index in [0.29, 0.717) is 0 Å². The first-order valence-electron chi connectivity index (χ1n) is 48.7.